The van der Waals surface area contributed by atoms with Crippen molar-refractivity contribution in [3.8, 4) is 23.0 Å². The van der Waals surface area contributed by atoms with Crippen LogP contribution in [0.1, 0.15) is 103 Å². The van der Waals surface area contributed by atoms with E-state index in [0.717, 1.165) is 79.7 Å². The molecule has 0 saturated heterocycles. The van der Waals surface area contributed by atoms with E-state index in [9.17, 15) is 0 Å². The average Bonchev–Trinajstić information content (AvgIpc) is 3.06. The molecule has 244 valence electrons. The van der Waals surface area contributed by atoms with Gasteiger partial charge in [0.05, 0.1) is 26.4 Å². The second-order valence-electron chi connectivity index (χ2n) is 12.2. The van der Waals surface area contributed by atoms with Crippen LogP contribution < -0.4 is 18.9 Å². The lowest BCUT2D eigenvalue weighted by molar-refractivity contribution is 0.304. The van der Waals surface area contributed by atoms with E-state index in [-0.39, 0.29) is 0 Å². The molecule has 8 bridgehead atoms. The third kappa shape index (κ3) is 8.09. The van der Waals surface area contributed by atoms with Gasteiger partial charge in [-0.2, -0.15) is 0 Å². The second-order valence-corrected chi connectivity index (χ2v) is 12.8. The first kappa shape index (κ1) is 33.9. The van der Waals surface area contributed by atoms with Crippen LogP contribution in [0, 0.1) is 0 Å². The summed E-state index contributed by atoms with van der Waals surface area (Å²) in [7, 11) is 0. The SMILES string of the molecule is CCCOc1c2cccc1Cc1cccc(c1OCCC)Cc1cc(CBr)cc(c1OCCC)Cc1cccc(c1OCCC)C2. The fourth-order valence-corrected chi connectivity index (χ4v) is 6.62. The molecule has 1 aliphatic carbocycles. The predicted molar refractivity (Wildman–Crippen MR) is 193 cm³/mol. The van der Waals surface area contributed by atoms with Gasteiger partial charge >= 0.3 is 0 Å². The lowest BCUT2D eigenvalue weighted by Crippen LogP contribution is -2.10. The minimum absolute atomic E-state index is 0.668. The third-order valence-electron chi connectivity index (χ3n) is 8.32. The van der Waals surface area contributed by atoms with Crippen LogP contribution in [-0.2, 0) is 31.0 Å². The monoisotopic (exact) mass is 684 g/mol. The summed E-state index contributed by atoms with van der Waals surface area (Å²) < 4.78 is 26.4. The zero-order valence-electron chi connectivity index (χ0n) is 28.1. The number of hydrogen-bond donors (Lipinski definition) is 0. The van der Waals surface area contributed by atoms with Crippen LogP contribution in [0.3, 0.4) is 0 Å². The number of alkyl halides is 1. The molecule has 46 heavy (non-hydrogen) atoms. The zero-order valence-corrected chi connectivity index (χ0v) is 29.6. The number of fused-ring (bicyclic) bond motifs is 8. The molecule has 0 amide bonds. The minimum atomic E-state index is 0.668. The van der Waals surface area contributed by atoms with E-state index in [1.165, 1.54) is 50.1 Å². The summed E-state index contributed by atoms with van der Waals surface area (Å²) in [6.07, 6.45) is 6.68. The Balaban J connectivity index is 1.78. The molecule has 0 aromatic heterocycles. The van der Waals surface area contributed by atoms with E-state index in [2.05, 4.69) is 110 Å². The third-order valence-corrected chi connectivity index (χ3v) is 8.96. The van der Waals surface area contributed by atoms with Crippen molar-refractivity contribution in [3.63, 3.8) is 0 Å². The summed E-state index contributed by atoms with van der Waals surface area (Å²) in [6, 6.07) is 24.4. The van der Waals surface area contributed by atoms with Crippen molar-refractivity contribution in [2.45, 2.75) is 84.4 Å². The summed E-state index contributed by atoms with van der Waals surface area (Å²) in [4.78, 5) is 0. The zero-order chi connectivity index (χ0) is 32.3. The van der Waals surface area contributed by atoms with Gasteiger partial charge in [-0.25, -0.2) is 0 Å². The lowest BCUT2D eigenvalue weighted by Gasteiger charge is -2.23. The summed E-state index contributed by atoms with van der Waals surface area (Å²) in [5.74, 6) is 3.93. The molecule has 5 heteroatoms. The molecule has 4 aromatic rings. The van der Waals surface area contributed by atoms with E-state index in [1.807, 2.05) is 0 Å². The smallest absolute Gasteiger partial charge is 0.126 e. The van der Waals surface area contributed by atoms with E-state index < -0.39 is 0 Å². The van der Waals surface area contributed by atoms with Crippen LogP contribution in [0.5, 0.6) is 23.0 Å². The fourth-order valence-electron chi connectivity index (χ4n) is 6.29. The van der Waals surface area contributed by atoms with E-state index in [1.54, 1.807) is 0 Å². The largest absolute Gasteiger partial charge is 0.493 e. The summed E-state index contributed by atoms with van der Waals surface area (Å²) in [5, 5.41) is 0.773. The van der Waals surface area contributed by atoms with Crippen LogP contribution in [-0.4, -0.2) is 26.4 Å². The number of ether oxygens (including phenoxy) is 4. The van der Waals surface area contributed by atoms with Crippen molar-refractivity contribution in [3.05, 3.63) is 117 Å². The van der Waals surface area contributed by atoms with Gasteiger partial charge in [0, 0.05) is 31.0 Å². The molecule has 0 unspecified atom stereocenters. The van der Waals surface area contributed by atoms with Crippen molar-refractivity contribution in [1.82, 2.24) is 0 Å². The number of benzene rings is 4. The molecule has 0 aliphatic heterocycles. The van der Waals surface area contributed by atoms with Gasteiger partial charge in [0.25, 0.3) is 0 Å². The molecule has 0 radical (unpaired) electrons. The molecule has 0 atom stereocenters. The van der Waals surface area contributed by atoms with Gasteiger partial charge in [-0.15, -0.1) is 0 Å². The molecular formula is C41H49BrO4. The fraction of sp³-hybridized carbons (Fsp3) is 0.415. The quantitative estimate of drug-likeness (QED) is 0.116. The van der Waals surface area contributed by atoms with Crippen LogP contribution in [0.4, 0.5) is 0 Å². The first-order valence-corrected chi connectivity index (χ1v) is 18.3. The molecule has 0 fully saturated rings. The molecule has 4 aromatic carbocycles. The summed E-state index contributed by atoms with van der Waals surface area (Å²) >= 11 is 3.77. The minimum Gasteiger partial charge on any atom is -0.493 e. The molecule has 1 aliphatic rings. The number of rotatable bonds is 13. The van der Waals surface area contributed by atoms with Gasteiger partial charge in [-0.1, -0.05) is 110 Å². The van der Waals surface area contributed by atoms with Crippen LogP contribution in [0.2, 0.25) is 0 Å². The van der Waals surface area contributed by atoms with Gasteiger partial charge in [0.15, 0.2) is 0 Å². The van der Waals surface area contributed by atoms with Gasteiger partial charge in [-0.05, 0) is 75.8 Å². The molecular weight excluding hydrogens is 636 g/mol. The normalized spacial score (nSPS) is 12.5. The van der Waals surface area contributed by atoms with Gasteiger partial charge in [0.2, 0.25) is 0 Å². The number of hydrogen-bond acceptors (Lipinski definition) is 4. The highest BCUT2D eigenvalue weighted by Gasteiger charge is 2.22. The number of halogens is 1. The van der Waals surface area contributed by atoms with Gasteiger partial charge in [-0.3, -0.25) is 0 Å². The average molecular weight is 686 g/mol. The maximum atomic E-state index is 6.62. The number of para-hydroxylation sites is 3. The van der Waals surface area contributed by atoms with E-state index in [4.69, 9.17) is 18.9 Å². The lowest BCUT2D eigenvalue weighted by atomic mass is 9.90. The Kier molecular flexibility index (Phi) is 12.5. The standard InChI is InChI=1S/C41H49BrO4/c1-5-18-43-38-30-12-9-13-31(38)25-33-15-11-17-35(40(33)45-20-7-3)27-37-23-29(28-42)22-36(41(37)46-21-8-4)26-34-16-10-14-32(24-30)39(34)44-19-6-2/h9-17,22-23H,5-8,18-21,24-28H2,1-4H3. The van der Waals surface area contributed by atoms with Gasteiger partial charge < -0.3 is 18.9 Å². The van der Waals surface area contributed by atoms with Crippen LogP contribution in [0.25, 0.3) is 0 Å². The van der Waals surface area contributed by atoms with Crippen molar-refractivity contribution in [2.75, 3.05) is 26.4 Å². The van der Waals surface area contributed by atoms with Crippen molar-refractivity contribution < 1.29 is 18.9 Å². The summed E-state index contributed by atoms with van der Waals surface area (Å²) in [6.45, 7) is 11.3. The van der Waals surface area contributed by atoms with E-state index >= 15 is 0 Å². The highest BCUT2D eigenvalue weighted by molar-refractivity contribution is 9.08. The highest BCUT2D eigenvalue weighted by atomic mass is 79.9. The topological polar surface area (TPSA) is 36.9 Å². The Morgan fingerprint density at radius 2 is 0.696 bits per heavy atom. The first-order valence-electron chi connectivity index (χ1n) is 17.1. The molecule has 4 nitrogen and oxygen atoms in total. The molecule has 0 saturated carbocycles. The first-order chi connectivity index (χ1) is 22.6. The molecule has 5 rings (SSSR count). The van der Waals surface area contributed by atoms with Crippen molar-refractivity contribution in [2.24, 2.45) is 0 Å². The molecule has 0 heterocycles. The highest BCUT2D eigenvalue weighted by Crippen LogP contribution is 2.39. The molecule has 0 N–H and O–H groups in total. The van der Waals surface area contributed by atoms with Crippen molar-refractivity contribution in [1.29, 1.82) is 0 Å². The maximum absolute atomic E-state index is 6.62. The van der Waals surface area contributed by atoms with Crippen molar-refractivity contribution >= 4 is 15.9 Å². The Hall–Kier alpha value is -3.44. The summed E-state index contributed by atoms with van der Waals surface area (Å²) in [5.41, 5.74) is 10.7. The Morgan fingerprint density at radius 3 is 0.957 bits per heavy atom. The Bertz CT molecular complexity index is 1490. The van der Waals surface area contributed by atoms with Crippen LogP contribution in [0.15, 0.2) is 66.7 Å². The Labute approximate surface area is 284 Å². The second kappa shape index (κ2) is 16.9. The predicted octanol–water partition coefficient (Wildman–Crippen LogP) is 10.4. The Morgan fingerprint density at radius 1 is 0.435 bits per heavy atom. The van der Waals surface area contributed by atoms with Gasteiger partial charge in [0.1, 0.15) is 23.0 Å². The van der Waals surface area contributed by atoms with E-state index in [0.29, 0.717) is 26.4 Å². The van der Waals surface area contributed by atoms with Crippen LogP contribution >= 0.6 is 15.9 Å². The molecule has 0 spiro atoms. The maximum Gasteiger partial charge on any atom is 0.126 e.